The van der Waals surface area contributed by atoms with Gasteiger partial charge in [0.15, 0.2) is 0 Å². The third kappa shape index (κ3) is 2.33. The third-order valence-corrected chi connectivity index (χ3v) is 5.08. The van der Waals surface area contributed by atoms with Gasteiger partial charge in [-0.05, 0) is 51.9 Å². The van der Waals surface area contributed by atoms with Crippen LogP contribution in [0.25, 0.3) is 21.5 Å². The fourth-order valence-corrected chi connectivity index (χ4v) is 4.06. The first-order valence-electron chi connectivity index (χ1n) is 8.34. The molecule has 1 aliphatic rings. The lowest BCUT2D eigenvalue weighted by Crippen LogP contribution is -2.00. The highest BCUT2D eigenvalue weighted by molar-refractivity contribution is 6.02. The van der Waals surface area contributed by atoms with E-state index in [1.807, 2.05) is 0 Å². The molecule has 0 nitrogen and oxygen atoms in total. The molecule has 0 saturated heterocycles. The number of fused-ring (bicyclic) bond motifs is 2. The second-order valence-corrected chi connectivity index (χ2v) is 6.42. The molecule has 0 aromatic heterocycles. The van der Waals surface area contributed by atoms with Gasteiger partial charge in [0.25, 0.3) is 0 Å². The zero-order valence-corrected chi connectivity index (χ0v) is 12.5. The van der Waals surface area contributed by atoms with Crippen LogP contribution in [0.2, 0.25) is 0 Å². The van der Waals surface area contributed by atoms with Gasteiger partial charge < -0.3 is 0 Å². The average molecular weight is 274 g/mol. The van der Waals surface area contributed by atoms with Crippen LogP contribution in [-0.4, -0.2) is 0 Å². The average Bonchev–Trinajstić information content (AvgIpc) is 2.81. The standard InChI is InChI=1S/C21H22/c1-2-4-10-16(9-3-1)21-19-13-7-5-11-17(19)15-18-12-6-8-14-20(18)21/h5-8,11-16H,1-4,9-10H2. The third-order valence-electron chi connectivity index (χ3n) is 5.08. The summed E-state index contributed by atoms with van der Waals surface area (Å²) >= 11 is 0. The summed E-state index contributed by atoms with van der Waals surface area (Å²) in [6, 6.07) is 20.2. The lowest BCUT2D eigenvalue weighted by molar-refractivity contribution is 0.600. The molecule has 0 N–H and O–H groups in total. The molecule has 3 aromatic rings. The van der Waals surface area contributed by atoms with Crippen molar-refractivity contribution in [1.29, 1.82) is 0 Å². The molecule has 0 unspecified atom stereocenters. The van der Waals surface area contributed by atoms with Crippen LogP contribution in [0.1, 0.15) is 50.0 Å². The summed E-state index contributed by atoms with van der Waals surface area (Å²) in [5.41, 5.74) is 1.62. The van der Waals surface area contributed by atoms with Crippen LogP contribution in [0.15, 0.2) is 54.6 Å². The summed E-state index contributed by atoms with van der Waals surface area (Å²) in [5.74, 6) is 0.739. The van der Waals surface area contributed by atoms with Crippen LogP contribution in [0.4, 0.5) is 0 Å². The van der Waals surface area contributed by atoms with Gasteiger partial charge in [0.2, 0.25) is 0 Å². The summed E-state index contributed by atoms with van der Waals surface area (Å²) < 4.78 is 0. The van der Waals surface area contributed by atoms with Gasteiger partial charge in [-0.1, -0.05) is 74.2 Å². The highest BCUT2D eigenvalue weighted by Crippen LogP contribution is 2.40. The van der Waals surface area contributed by atoms with E-state index in [-0.39, 0.29) is 0 Å². The van der Waals surface area contributed by atoms with E-state index in [4.69, 9.17) is 0 Å². The summed E-state index contributed by atoms with van der Waals surface area (Å²) in [7, 11) is 0. The second kappa shape index (κ2) is 5.52. The van der Waals surface area contributed by atoms with Crippen molar-refractivity contribution in [2.75, 3.05) is 0 Å². The quantitative estimate of drug-likeness (QED) is 0.354. The molecule has 1 saturated carbocycles. The van der Waals surface area contributed by atoms with Crippen LogP contribution in [0.5, 0.6) is 0 Å². The molecule has 3 aromatic carbocycles. The maximum absolute atomic E-state index is 2.35. The fourth-order valence-electron chi connectivity index (χ4n) is 4.06. The van der Waals surface area contributed by atoms with Gasteiger partial charge >= 0.3 is 0 Å². The SMILES string of the molecule is c1ccc2c(C3CCCCCC3)c3ccccc3cc2c1. The van der Waals surface area contributed by atoms with E-state index in [2.05, 4.69) is 54.6 Å². The van der Waals surface area contributed by atoms with E-state index in [0.717, 1.165) is 5.92 Å². The molecule has 106 valence electrons. The molecule has 21 heavy (non-hydrogen) atoms. The number of rotatable bonds is 1. The van der Waals surface area contributed by atoms with Gasteiger partial charge in [-0.2, -0.15) is 0 Å². The second-order valence-electron chi connectivity index (χ2n) is 6.42. The van der Waals surface area contributed by atoms with Crippen molar-refractivity contribution in [3.05, 3.63) is 60.2 Å². The predicted molar refractivity (Wildman–Crippen MR) is 91.9 cm³/mol. The first-order chi connectivity index (χ1) is 10.4. The van der Waals surface area contributed by atoms with E-state index in [1.54, 1.807) is 5.56 Å². The van der Waals surface area contributed by atoms with Crippen LogP contribution >= 0.6 is 0 Å². The van der Waals surface area contributed by atoms with Gasteiger partial charge in [-0.15, -0.1) is 0 Å². The summed E-state index contributed by atoms with van der Waals surface area (Å²) in [5, 5.41) is 5.75. The molecular weight excluding hydrogens is 252 g/mol. The minimum atomic E-state index is 0.739. The van der Waals surface area contributed by atoms with E-state index in [9.17, 15) is 0 Å². The molecule has 0 bridgehead atoms. The highest BCUT2D eigenvalue weighted by Gasteiger charge is 2.19. The van der Waals surface area contributed by atoms with Gasteiger partial charge in [0.1, 0.15) is 0 Å². The van der Waals surface area contributed by atoms with Crippen LogP contribution in [-0.2, 0) is 0 Å². The van der Waals surface area contributed by atoms with Gasteiger partial charge in [-0.3, -0.25) is 0 Å². The Morgan fingerprint density at radius 1 is 0.619 bits per heavy atom. The molecular formula is C21H22. The minimum Gasteiger partial charge on any atom is -0.0616 e. The van der Waals surface area contributed by atoms with Gasteiger partial charge in [0, 0.05) is 0 Å². The van der Waals surface area contributed by atoms with Crippen LogP contribution in [0, 0.1) is 0 Å². The molecule has 4 rings (SSSR count). The summed E-state index contributed by atoms with van der Waals surface area (Å²) in [6.45, 7) is 0. The molecule has 1 aliphatic carbocycles. The van der Waals surface area contributed by atoms with E-state index in [0.29, 0.717) is 0 Å². The lowest BCUT2D eigenvalue weighted by atomic mass is 9.84. The number of benzene rings is 3. The van der Waals surface area contributed by atoms with Crippen molar-refractivity contribution in [2.24, 2.45) is 0 Å². The zero-order chi connectivity index (χ0) is 14.1. The Hall–Kier alpha value is -1.82. The van der Waals surface area contributed by atoms with Gasteiger partial charge in [0.05, 0.1) is 0 Å². The Balaban J connectivity index is 2.01. The van der Waals surface area contributed by atoms with E-state index >= 15 is 0 Å². The Morgan fingerprint density at radius 2 is 1.14 bits per heavy atom. The molecule has 0 amide bonds. The fraction of sp³-hybridized carbons (Fsp3) is 0.333. The largest absolute Gasteiger partial charge is 0.0616 e. The number of hydrogen-bond donors (Lipinski definition) is 0. The molecule has 0 spiro atoms. The smallest absolute Gasteiger partial charge is 0.0143 e. The maximum Gasteiger partial charge on any atom is -0.0143 e. The Labute approximate surface area is 126 Å². The molecule has 0 atom stereocenters. The molecule has 0 radical (unpaired) electrons. The van der Waals surface area contributed by atoms with Crippen molar-refractivity contribution in [3.63, 3.8) is 0 Å². The van der Waals surface area contributed by atoms with Crippen molar-refractivity contribution in [3.8, 4) is 0 Å². The molecule has 0 heterocycles. The summed E-state index contributed by atoms with van der Waals surface area (Å²) in [4.78, 5) is 0. The maximum atomic E-state index is 2.35. The van der Waals surface area contributed by atoms with E-state index in [1.165, 1.54) is 60.1 Å². The normalized spacial score (nSPS) is 17.1. The first kappa shape index (κ1) is 12.9. The lowest BCUT2D eigenvalue weighted by Gasteiger charge is -2.20. The van der Waals surface area contributed by atoms with Crippen molar-refractivity contribution >= 4 is 21.5 Å². The van der Waals surface area contributed by atoms with Crippen molar-refractivity contribution in [2.45, 2.75) is 44.4 Å². The van der Waals surface area contributed by atoms with Crippen molar-refractivity contribution < 1.29 is 0 Å². The number of hydrogen-bond acceptors (Lipinski definition) is 0. The Morgan fingerprint density at radius 3 is 1.71 bits per heavy atom. The molecule has 0 heteroatoms. The van der Waals surface area contributed by atoms with Crippen LogP contribution in [0.3, 0.4) is 0 Å². The minimum absolute atomic E-state index is 0.739. The zero-order valence-electron chi connectivity index (χ0n) is 12.5. The predicted octanol–water partition coefficient (Wildman–Crippen LogP) is 6.43. The molecule has 0 aliphatic heterocycles. The van der Waals surface area contributed by atoms with Crippen molar-refractivity contribution in [1.82, 2.24) is 0 Å². The Bertz CT molecular complexity index is 707. The Kier molecular flexibility index (Phi) is 3.39. The van der Waals surface area contributed by atoms with Gasteiger partial charge in [-0.25, -0.2) is 0 Å². The topological polar surface area (TPSA) is 0 Å². The first-order valence-corrected chi connectivity index (χ1v) is 8.34. The molecule has 1 fully saturated rings. The van der Waals surface area contributed by atoms with Crippen LogP contribution < -0.4 is 0 Å². The monoisotopic (exact) mass is 274 g/mol. The van der Waals surface area contributed by atoms with E-state index < -0.39 is 0 Å². The summed E-state index contributed by atoms with van der Waals surface area (Å²) in [6.07, 6.45) is 8.33. The highest BCUT2D eigenvalue weighted by atomic mass is 14.2.